The summed E-state index contributed by atoms with van der Waals surface area (Å²) >= 11 is 0. The SMILES string of the molecule is COc1ccc(C(=O)N(CC2CC2)C[C@@H]2CN(C(=O)NCc3ccccc3)CCO2)cc1OC. The van der Waals surface area contributed by atoms with Crippen molar-refractivity contribution in [3.05, 3.63) is 59.7 Å². The standard InChI is InChI=1S/C26H33N3O5/c1-32-23-11-10-21(14-24(23)33-2)25(30)29(16-20-8-9-20)18-22-17-28(12-13-34-22)26(31)27-15-19-6-4-3-5-7-19/h3-7,10-11,14,20,22H,8-9,12-13,15-18H2,1-2H3,(H,27,31)/t22-/m0/s1. The minimum absolute atomic E-state index is 0.0675. The van der Waals surface area contributed by atoms with Gasteiger partial charge in [-0.25, -0.2) is 4.79 Å². The van der Waals surface area contributed by atoms with Crippen LogP contribution in [0.5, 0.6) is 11.5 Å². The van der Waals surface area contributed by atoms with Gasteiger partial charge in [0, 0.05) is 31.7 Å². The maximum absolute atomic E-state index is 13.4. The van der Waals surface area contributed by atoms with E-state index >= 15 is 0 Å². The molecule has 1 saturated carbocycles. The van der Waals surface area contributed by atoms with E-state index in [-0.39, 0.29) is 18.0 Å². The molecule has 0 radical (unpaired) electrons. The summed E-state index contributed by atoms with van der Waals surface area (Å²) < 4.78 is 16.6. The fourth-order valence-electron chi connectivity index (χ4n) is 4.15. The Morgan fingerprint density at radius 1 is 1.06 bits per heavy atom. The van der Waals surface area contributed by atoms with Crippen molar-refractivity contribution >= 4 is 11.9 Å². The Balaban J connectivity index is 1.38. The van der Waals surface area contributed by atoms with Gasteiger partial charge < -0.3 is 29.3 Å². The van der Waals surface area contributed by atoms with Crippen LogP contribution in [0.3, 0.4) is 0 Å². The maximum atomic E-state index is 13.4. The molecule has 2 fully saturated rings. The van der Waals surface area contributed by atoms with Crippen molar-refractivity contribution in [3.63, 3.8) is 0 Å². The molecule has 1 saturated heterocycles. The Labute approximate surface area is 200 Å². The highest BCUT2D eigenvalue weighted by molar-refractivity contribution is 5.95. The summed E-state index contributed by atoms with van der Waals surface area (Å²) in [5.74, 6) is 1.57. The van der Waals surface area contributed by atoms with E-state index in [0.717, 1.165) is 18.4 Å². The molecule has 1 aliphatic heterocycles. The molecule has 0 unspecified atom stereocenters. The van der Waals surface area contributed by atoms with Crippen molar-refractivity contribution in [1.29, 1.82) is 0 Å². The van der Waals surface area contributed by atoms with Gasteiger partial charge in [0.05, 0.1) is 33.5 Å². The number of benzene rings is 2. The second-order valence-corrected chi connectivity index (χ2v) is 8.81. The lowest BCUT2D eigenvalue weighted by Gasteiger charge is -2.36. The largest absolute Gasteiger partial charge is 0.493 e. The monoisotopic (exact) mass is 467 g/mol. The molecule has 8 heteroatoms. The second kappa shape index (κ2) is 11.2. The lowest BCUT2D eigenvalue weighted by Crippen LogP contribution is -2.53. The second-order valence-electron chi connectivity index (χ2n) is 8.81. The normalized spacial score (nSPS) is 17.7. The Bertz CT molecular complexity index is 980. The molecular weight excluding hydrogens is 434 g/mol. The van der Waals surface area contributed by atoms with E-state index in [2.05, 4.69) is 5.32 Å². The van der Waals surface area contributed by atoms with Crippen molar-refractivity contribution < 1.29 is 23.8 Å². The first-order chi connectivity index (χ1) is 16.6. The fourth-order valence-corrected chi connectivity index (χ4v) is 4.15. The molecule has 1 heterocycles. The van der Waals surface area contributed by atoms with Crippen molar-refractivity contribution in [2.75, 3.05) is 47.0 Å². The topological polar surface area (TPSA) is 80.3 Å². The van der Waals surface area contributed by atoms with E-state index < -0.39 is 0 Å². The van der Waals surface area contributed by atoms with Crippen molar-refractivity contribution in [2.24, 2.45) is 5.92 Å². The predicted molar refractivity (Wildman–Crippen MR) is 128 cm³/mol. The molecule has 4 rings (SSSR count). The number of nitrogens with zero attached hydrogens (tertiary/aromatic N) is 2. The lowest BCUT2D eigenvalue weighted by molar-refractivity contribution is -0.0282. The molecule has 1 atom stereocenters. The molecule has 0 bridgehead atoms. The summed E-state index contributed by atoms with van der Waals surface area (Å²) in [5.41, 5.74) is 1.60. The fraction of sp³-hybridized carbons (Fsp3) is 0.462. The van der Waals surface area contributed by atoms with Gasteiger partial charge in [-0.15, -0.1) is 0 Å². The molecule has 0 aromatic heterocycles. The zero-order valence-corrected chi connectivity index (χ0v) is 19.9. The summed E-state index contributed by atoms with van der Waals surface area (Å²) in [6.45, 7) is 3.03. The third-order valence-corrected chi connectivity index (χ3v) is 6.23. The minimum Gasteiger partial charge on any atom is -0.493 e. The molecule has 2 aromatic rings. The number of amides is 3. The number of carbonyl (C=O) groups is 2. The van der Waals surface area contributed by atoms with Crippen LogP contribution in [0.4, 0.5) is 4.79 Å². The molecular formula is C26H33N3O5. The summed E-state index contributed by atoms with van der Waals surface area (Å²) in [7, 11) is 3.13. The molecule has 182 valence electrons. The molecule has 2 aliphatic rings. The Morgan fingerprint density at radius 3 is 2.53 bits per heavy atom. The number of rotatable bonds is 9. The molecule has 1 aliphatic carbocycles. The van der Waals surface area contributed by atoms with Gasteiger partial charge in [-0.05, 0) is 42.5 Å². The average molecular weight is 468 g/mol. The number of urea groups is 1. The Kier molecular flexibility index (Phi) is 7.90. The van der Waals surface area contributed by atoms with Gasteiger partial charge in [0.15, 0.2) is 11.5 Å². The highest BCUT2D eigenvalue weighted by Crippen LogP contribution is 2.32. The van der Waals surface area contributed by atoms with E-state index in [1.54, 1.807) is 37.3 Å². The Morgan fingerprint density at radius 2 is 1.82 bits per heavy atom. The van der Waals surface area contributed by atoms with Gasteiger partial charge in [-0.1, -0.05) is 30.3 Å². The van der Waals surface area contributed by atoms with Gasteiger partial charge in [-0.2, -0.15) is 0 Å². The number of hydrogen-bond acceptors (Lipinski definition) is 5. The summed E-state index contributed by atoms with van der Waals surface area (Å²) in [4.78, 5) is 29.8. The van der Waals surface area contributed by atoms with E-state index in [1.165, 1.54) is 0 Å². The van der Waals surface area contributed by atoms with Crippen LogP contribution in [0.15, 0.2) is 48.5 Å². The van der Waals surface area contributed by atoms with Crippen LogP contribution in [0.25, 0.3) is 0 Å². The van der Waals surface area contributed by atoms with E-state index in [9.17, 15) is 9.59 Å². The molecule has 34 heavy (non-hydrogen) atoms. The van der Waals surface area contributed by atoms with Crippen LogP contribution < -0.4 is 14.8 Å². The molecule has 3 amide bonds. The van der Waals surface area contributed by atoms with Gasteiger partial charge in [-0.3, -0.25) is 4.79 Å². The van der Waals surface area contributed by atoms with Crippen LogP contribution in [0.2, 0.25) is 0 Å². The average Bonchev–Trinajstić information content (AvgIpc) is 3.71. The Hall–Kier alpha value is -3.26. The van der Waals surface area contributed by atoms with Crippen molar-refractivity contribution in [2.45, 2.75) is 25.5 Å². The van der Waals surface area contributed by atoms with Gasteiger partial charge in [0.2, 0.25) is 0 Å². The third kappa shape index (κ3) is 6.20. The minimum atomic E-state index is -0.237. The zero-order chi connectivity index (χ0) is 23.9. The van der Waals surface area contributed by atoms with E-state index in [0.29, 0.717) is 62.3 Å². The van der Waals surface area contributed by atoms with Crippen molar-refractivity contribution in [3.8, 4) is 11.5 Å². The number of nitrogens with one attached hydrogen (secondary N) is 1. The van der Waals surface area contributed by atoms with Crippen LogP contribution in [0, 0.1) is 5.92 Å². The quantitative estimate of drug-likeness (QED) is 0.613. The highest BCUT2D eigenvalue weighted by Gasteiger charge is 2.32. The maximum Gasteiger partial charge on any atom is 0.317 e. The van der Waals surface area contributed by atoms with E-state index in [4.69, 9.17) is 14.2 Å². The van der Waals surface area contributed by atoms with Gasteiger partial charge in [0.1, 0.15) is 0 Å². The smallest absolute Gasteiger partial charge is 0.317 e. The number of methoxy groups -OCH3 is 2. The highest BCUT2D eigenvalue weighted by atomic mass is 16.5. The van der Waals surface area contributed by atoms with E-state index in [1.807, 2.05) is 35.2 Å². The van der Waals surface area contributed by atoms with Crippen molar-refractivity contribution in [1.82, 2.24) is 15.1 Å². The first-order valence-corrected chi connectivity index (χ1v) is 11.8. The molecule has 8 nitrogen and oxygen atoms in total. The zero-order valence-electron chi connectivity index (χ0n) is 19.9. The lowest BCUT2D eigenvalue weighted by atomic mass is 10.1. The van der Waals surface area contributed by atoms with Gasteiger partial charge >= 0.3 is 6.03 Å². The number of ether oxygens (including phenoxy) is 3. The van der Waals surface area contributed by atoms with Crippen LogP contribution >= 0.6 is 0 Å². The first kappa shape index (κ1) is 23.9. The molecule has 0 spiro atoms. The number of hydrogen-bond donors (Lipinski definition) is 1. The first-order valence-electron chi connectivity index (χ1n) is 11.8. The van der Waals surface area contributed by atoms with Crippen LogP contribution in [-0.2, 0) is 11.3 Å². The van der Waals surface area contributed by atoms with Crippen LogP contribution in [-0.4, -0.2) is 74.8 Å². The third-order valence-electron chi connectivity index (χ3n) is 6.23. The van der Waals surface area contributed by atoms with Crippen LogP contribution in [0.1, 0.15) is 28.8 Å². The molecule has 1 N–H and O–H groups in total. The number of carbonyl (C=O) groups excluding carboxylic acids is 2. The predicted octanol–water partition coefficient (Wildman–Crippen LogP) is 3.17. The summed E-state index contributed by atoms with van der Waals surface area (Å²) in [6, 6.07) is 14.9. The van der Waals surface area contributed by atoms with Gasteiger partial charge in [0.25, 0.3) is 5.91 Å². The molecule has 2 aromatic carbocycles. The number of morpholine rings is 1. The summed E-state index contributed by atoms with van der Waals surface area (Å²) in [6.07, 6.45) is 2.03. The summed E-state index contributed by atoms with van der Waals surface area (Å²) in [5, 5.41) is 2.98.